The van der Waals surface area contributed by atoms with Crippen molar-refractivity contribution < 1.29 is 42.9 Å². The lowest BCUT2D eigenvalue weighted by atomic mass is 9.72. The van der Waals surface area contributed by atoms with Crippen LogP contribution in [0.15, 0.2) is 0 Å². The van der Waals surface area contributed by atoms with E-state index in [9.17, 15) is 24.0 Å². The fourth-order valence-corrected chi connectivity index (χ4v) is 3.63. The van der Waals surface area contributed by atoms with Gasteiger partial charge in [-0.15, -0.1) is 0 Å². The van der Waals surface area contributed by atoms with Gasteiger partial charge in [0.25, 0.3) is 0 Å². The number of carbonyl (C=O) groups is 5. The maximum absolute atomic E-state index is 12.9. The molecular formula is C28H52N4O9. The second-order valence-electron chi connectivity index (χ2n) is 11.4. The lowest BCUT2D eigenvalue weighted by Crippen LogP contribution is -2.44. The van der Waals surface area contributed by atoms with Gasteiger partial charge < -0.3 is 29.6 Å². The Bertz CT molecular complexity index is 848. The molecule has 0 spiro atoms. The highest BCUT2D eigenvalue weighted by molar-refractivity contribution is 5.84. The molecule has 0 fully saturated rings. The largest absolute Gasteiger partial charge is 0.462 e. The summed E-state index contributed by atoms with van der Waals surface area (Å²) in [5, 5.41) is 5.47. The average molecular weight is 589 g/mol. The number of nitrogens with two attached hydrogens (primary N) is 1. The van der Waals surface area contributed by atoms with E-state index in [1.54, 1.807) is 34.6 Å². The Morgan fingerprint density at radius 3 is 1.66 bits per heavy atom. The summed E-state index contributed by atoms with van der Waals surface area (Å²) in [5.74, 6) is 3.30. The molecule has 0 saturated heterocycles. The molecule has 13 nitrogen and oxygen atoms in total. The van der Waals surface area contributed by atoms with E-state index in [-0.39, 0.29) is 56.9 Å². The number of hydrazine groups is 1. The first-order valence-electron chi connectivity index (χ1n) is 14.2. The number of hydrogen-bond acceptors (Lipinski definition) is 10. The molecule has 238 valence electrons. The van der Waals surface area contributed by atoms with E-state index in [2.05, 4.69) is 10.6 Å². The molecule has 0 aromatic heterocycles. The Kier molecular flexibility index (Phi) is 18.1. The summed E-state index contributed by atoms with van der Waals surface area (Å²) in [6.45, 7) is 14.4. The lowest BCUT2D eigenvalue weighted by molar-refractivity contribution is -0.165. The zero-order chi connectivity index (χ0) is 31.5. The number of amides is 3. The molecule has 1 atom stereocenters. The van der Waals surface area contributed by atoms with Crippen molar-refractivity contribution in [2.75, 3.05) is 52.7 Å². The van der Waals surface area contributed by atoms with Crippen molar-refractivity contribution in [1.82, 2.24) is 16.1 Å². The fraction of sp³-hybridized carbons (Fsp3) is 0.821. The zero-order valence-corrected chi connectivity index (χ0v) is 25.9. The van der Waals surface area contributed by atoms with E-state index < -0.39 is 28.1 Å². The molecule has 5 N–H and O–H groups in total. The Balaban J connectivity index is 4.24. The zero-order valence-electron chi connectivity index (χ0n) is 25.9. The monoisotopic (exact) mass is 588 g/mol. The van der Waals surface area contributed by atoms with Crippen LogP contribution >= 0.6 is 0 Å². The van der Waals surface area contributed by atoms with Crippen molar-refractivity contribution in [2.24, 2.45) is 22.1 Å². The standard InChI is InChI=1S/C28H52N4O9/c1-8-26(3,4)24(36)40-18-19-41-25(37)28(7,9-2)20-27(5,6)23(35)31-13-15-39-17-16-38-14-12-30-21(33)10-11-22(34)32-29/h8-20,29H2,1-7H3,(H,30,33)(H,31,35)(H,32,34). The van der Waals surface area contributed by atoms with Crippen molar-refractivity contribution in [1.29, 1.82) is 0 Å². The van der Waals surface area contributed by atoms with Gasteiger partial charge in [-0.3, -0.25) is 29.4 Å². The van der Waals surface area contributed by atoms with E-state index >= 15 is 0 Å². The quantitative estimate of drug-likeness (QED) is 0.0473. The molecule has 0 heterocycles. The fourth-order valence-electron chi connectivity index (χ4n) is 3.63. The molecule has 13 heteroatoms. The van der Waals surface area contributed by atoms with Crippen LogP contribution in [0.3, 0.4) is 0 Å². The number of nitrogens with one attached hydrogen (secondary N) is 3. The summed E-state index contributed by atoms with van der Waals surface area (Å²) in [6, 6.07) is 0. The Labute approximate surface area is 244 Å². The second kappa shape index (κ2) is 19.4. The van der Waals surface area contributed by atoms with Gasteiger partial charge in [-0.25, -0.2) is 5.84 Å². The first-order chi connectivity index (χ1) is 19.1. The molecule has 0 aliphatic rings. The number of rotatable bonds is 22. The molecule has 0 aromatic carbocycles. The minimum absolute atomic E-state index is 0.0177. The van der Waals surface area contributed by atoms with Gasteiger partial charge in [-0.2, -0.15) is 0 Å². The van der Waals surface area contributed by atoms with Gasteiger partial charge in [0.2, 0.25) is 17.7 Å². The summed E-state index contributed by atoms with van der Waals surface area (Å²) in [5.41, 5.74) is -0.364. The highest BCUT2D eigenvalue weighted by Crippen LogP contribution is 2.37. The summed E-state index contributed by atoms with van der Waals surface area (Å²) in [4.78, 5) is 60.3. The predicted molar refractivity (Wildman–Crippen MR) is 152 cm³/mol. The van der Waals surface area contributed by atoms with Crippen molar-refractivity contribution in [2.45, 2.75) is 80.6 Å². The van der Waals surface area contributed by atoms with E-state index in [4.69, 9.17) is 24.8 Å². The Morgan fingerprint density at radius 1 is 0.634 bits per heavy atom. The van der Waals surface area contributed by atoms with E-state index in [1.165, 1.54) is 0 Å². The van der Waals surface area contributed by atoms with Crippen molar-refractivity contribution in [3.8, 4) is 0 Å². The number of esters is 2. The number of hydrogen-bond donors (Lipinski definition) is 4. The average Bonchev–Trinajstić information content (AvgIpc) is 2.93. The van der Waals surface area contributed by atoms with Crippen LogP contribution in [0.1, 0.15) is 80.6 Å². The maximum atomic E-state index is 12.9. The molecule has 0 aliphatic heterocycles. The number of ether oxygens (including phenoxy) is 4. The van der Waals surface area contributed by atoms with E-state index in [0.29, 0.717) is 45.8 Å². The van der Waals surface area contributed by atoms with Crippen molar-refractivity contribution in [3.05, 3.63) is 0 Å². The second-order valence-corrected chi connectivity index (χ2v) is 11.4. The van der Waals surface area contributed by atoms with Crippen LogP contribution in [-0.2, 0) is 42.9 Å². The van der Waals surface area contributed by atoms with Crippen LogP contribution < -0.4 is 21.9 Å². The maximum Gasteiger partial charge on any atom is 0.311 e. The molecule has 41 heavy (non-hydrogen) atoms. The minimum Gasteiger partial charge on any atom is -0.462 e. The smallest absolute Gasteiger partial charge is 0.311 e. The first-order valence-corrected chi connectivity index (χ1v) is 14.2. The van der Waals surface area contributed by atoms with Gasteiger partial charge in [0.1, 0.15) is 13.2 Å². The molecule has 0 bridgehead atoms. The summed E-state index contributed by atoms with van der Waals surface area (Å²) >= 11 is 0. The first kappa shape index (κ1) is 38.2. The molecule has 0 rings (SSSR count). The minimum atomic E-state index is -0.889. The normalized spacial score (nSPS) is 13.1. The van der Waals surface area contributed by atoms with Gasteiger partial charge in [0.15, 0.2) is 0 Å². The third kappa shape index (κ3) is 15.7. The Morgan fingerprint density at radius 2 is 1.15 bits per heavy atom. The van der Waals surface area contributed by atoms with E-state index in [1.807, 2.05) is 19.3 Å². The summed E-state index contributed by atoms with van der Waals surface area (Å²) in [7, 11) is 0. The van der Waals surface area contributed by atoms with Gasteiger partial charge >= 0.3 is 11.9 Å². The molecule has 0 radical (unpaired) electrons. The molecule has 0 aromatic rings. The third-order valence-corrected chi connectivity index (χ3v) is 6.92. The van der Waals surface area contributed by atoms with Gasteiger partial charge in [-0.1, -0.05) is 27.7 Å². The number of carbonyl (C=O) groups excluding carboxylic acids is 5. The van der Waals surface area contributed by atoms with Gasteiger partial charge in [0.05, 0.1) is 37.3 Å². The predicted octanol–water partition coefficient (Wildman–Crippen LogP) is 1.38. The molecule has 3 amide bonds. The van der Waals surface area contributed by atoms with Gasteiger partial charge in [0, 0.05) is 31.3 Å². The van der Waals surface area contributed by atoms with Crippen LogP contribution in [0.25, 0.3) is 0 Å². The van der Waals surface area contributed by atoms with Crippen LogP contribution in [0.4, 0.5) is 0 Å². The van der Waals surface area contributed by atoms with Crippen LogP contribution in [0.5, 0.6) is 0 Å². The van der Waals surface area contributed by atoms with Crippen molar-refractivity contribution in [3.63, 3.8) is 0 Å². The Hall–Kier alpha value is -2.77. The highest BCUT2D eigenvalue weighted by atomic mass is 16.6. The summed E-state index contributed by atoms with van der Waals surface area (Å²) in [6.07, 6.45) is 1.46. The SMILES string of the molecule is CCC(C)(C)C(=O)OCCOC(=O)C(C)(CC)CC(C)(C)C(=O)NCCOCCOCCNC(=O)CCC(=O)NN. The van der Waals surface area contributed by atoms with Crippen LogP contribution in [-0.4, -0.2) is 82.4 Å². The molecule has 1 unspecified atom stereocenters. The summed E-state index contributed by atoms with van der Waals surface area (Å²) < 4.78 is 21.5. The molecular weight excluding hydrogens is 536 g/mol. The van der Waals surface area contributed by atoms with Crippen molar-refractivity contribution >= 4 is 29.7 Å². The van der Waals surface area contributed by atoms with E-state index in [0.717, 1.165) is 0 Å². The third-order valence-electron chi connectivity index (χ3n) is 6.92. The van der Waals surface area contributed by atoms with Gasteiger partial charge in [-0.05, 0) is 40.0 Å². The van der Waals surface area contributed by atoms with Crippen LogP contribution in [0, 0.1) is 16.2 Å². The van der Waals surface area contributed by atoms with Crippen LogP contribution in [0.2, 0.25) is 0 Å². The lowest BCUT2D eigenvalue weighted by Gasteiger charge is -2.34. The highest BCUT2D eigenvalue weighted by Gasteiger charge is 2.42. The molecule has 0 saturated carbocycles. The topological polar surface area (TPSA) is 184 Å². The molecule has 0 aliphatic carbocycles.